The lowest BCUT2D eigenvalue weighted by atomic mass is 10.0. The summed E-state index contributed by atoms with van der Waals surface area (Å²) >= 11 is 12.8. The van der Waals surface area contributed by atoms with Gasteiger partial charge in [-0.15, -0.1) is 0 Å². The van der Waals surface area contributed by atoms with E-state index in [1.807, 2.05) is 32.9 Å². The van der Waals surface area contributed by atoms with Gasteiger partial charge < -0.3 is 10.2 Å². The van der Waals surface area contributed by atoms with Crippen LogP contribution in [0.2, 0.25) is 10.0 Å². The third-order valence-corrected chi connectivity index (χ3v) is 9.06. The molecule has 1 unspecified atom stereocenters. The van der Waals surface area contributed by atoms with Gasteiger partial charge in [0.1, 0.15) is 12.6 Å². The van der Waals surface area contributed by atoms with Crippen molar-refractivity contribution in [3.8, 4) is 0 Å². The van der Waals surface area contributed by atoms with Gasteiger partial charge in [0.2, 0.25) is 11.8 Å². The zero-order valence-electron chi connectivity index (χ0n) is 23.1. The number of halogens is 2. The summed E-state index contributed by atoms with van der Waals surface area (Å²) in [4.78, 5) is 28.3. The Morgan fingerprint density at radius 2 is 1.48 bits per heavy atom. The highest BCUT2D eigenvalue weighted by Crippen LogP contribution is 2.29. The SMILES string of the molecule is CCCNC(=O)C(C)N(Cc1c(Cl)cccc1Cl)C(=O)CN(c1ccc(C(C)C)cc1)S(=O)(=O)c1ccccc1. The summed E-state index contributed by atoms with van der Waals surface area (Å²) in [6.45, 7) is 7.43. The van der Waals surface area contributed by atoms with Crippen LogP contribution in [-0.4, -0.2) is 44.3 Å². The highest BCUT2D eigenvalue weighted by atomic mass is 35.5. The second kappa shape index (κ2) is 14.0. The second-order valence-corrected chi connectivity index (χ2v) is 12.4. The Morgan fingerprint density at radius 1 is 0.875 bits per heavy atom. The van der Waals surface area contributed by atoms with Crippen molar-refractivity contribution < 1.29 is 18.0 Å². The largest absolute Gasteiger partial charge is 0.354 e. The molecule has 2 amide bonds. The number of anilines is 1. The number of carbonyl (C=O) groups excluding carboxylic acids is 2. The number of carbonyl (C=O) groups is 2. The van der Waals surface area contributed by atoms with E-state index < -0.39 is 28.5 Å². The minimum absolute atomic E-state index is 0.0465. The Hall–Kier alpha value is -3.07. The van der Waals surface area contributed by atoms with E-state index in [1.165, 1.54) is 17.0 Å². The predicted octanol–water partition coefficient (Wildman–Crippen LogP) is 6.26. The molecule has 0 saturated carbocycles. The standard InChI is InChI=1S/C30H35Cl2N3O4S/c1-5-18-33-30(37)22(4)34(19-26-27(31)12-9-13-28(26)32)29(36)20-35(24-16-14-23(15-17-24)21(2)3)40(38,39)25-10-7-6-8-11-25/h6-17,21-22H,5,18-20H2,1-4H3,(H,33,37). The molecule has 3 aromatic carbocycles. The molecule has 0 fully saturated rings. The maximum atomic E-state index is 14.0. The zero-order valence-corrected chi connectivity index (χ0v) is 25.4. The minimum atomic E-state index is -4.13. The smallest absolute Gasteiger partial charge is 0.264 e. The van der Waals surface area contributed by atoms with Gasteiger partial charge in [0.15, 0.2) is 0 Å². The van der Waals surface area contributed by atoms with Gasteiger partial charge in [-0.25, -0.2) is 8.42 Å². The van der Waals surface area contributed by atoms with Crippen LogP contribution in [-0.2, 0) is 26.2 Å². The quantitative estimate of drug-likeness (QED) is 0.265. The zero-order chi connectivity index (χ0) is 29.4. The van der Waals surface area contributed by atoms with Gasteiger partial charge in [-0.1, -0.05) is 80.4 Å². The first kappa shape index (κ1) is 31.5. The molecule has 0 bridgehead atoms. The normalized spacial score (nSPS) is 12.2. The topological polar surface area (TPSA) is 86.8 Å². The van der Waals surface area contributed by atoms with Crippen molar-refractivity contribution in [3.05, 3.63) is 94.0 Å². The number of amides is 2. The van der Waals surface area contributed by atoms with Crippen molar-refractivity contribution >= 4 is 50.7 Å². The van der Waals surface area contributed by atoms with Crippen LogP contribution in [0.1, 0.15) is 51.2 Å². The first-order valence-corrected chi connectivity index (χ1v) is 15.3. The molecule has 0 radical (unpaired) electrons. The number of nitrogens with one attached hydrogen (secondary N) is 1. The Kier molecular flexibility index (Phi) is 11.0. The van der Waals surface area contributed by atoms with E-state index in [-0.39, 0.29) is 23.3 Å². The first-order chi connectivity index (χ1) is 19.0. The number of sulfonamides is 1. The lowest BCUT2D eigenvalue weighted by Gasteiger charge is -2.32. The fourth-order valence-electron chi connectivity index (χ4n) is 4.11. The van der Waals surface area contributed by atoms with Crippen LogP contribution in [0.15, 0.2) is 77.7 Å². The third kappa shape index (κ3) is 7.56. The molecule has 0 aliphatic rings. The lowest BCUT2D eigenvalue weighted by Crippen LogP contribution is -2.51. The average molecular weight is 605 g/mol. The van der Waals surface area contributed by atoms with E-state index in [9.17, 15) is 18.0 Å². The maximum Gasteiger partial charge on any atom is 0.264 e. The van der Waals surface area contributed by atoms with E-state index >= 15 is 0 Å². The van der Waals surface area contributed by atoms with Crippen molar-refractivity contribution in [2.24, 2.45) is 0 Å². The van der Waals surface area contributed by atoms with Gasteiger partial charge in [0.25, 0.3) is 10.0 Å². The van der Waals surface area contributed by atoms with Crippen LogP contribution in [0.25, 0.3) is 0 Å². The summed E-state index contributed by atoms with van der Waals surface area (Å²) in [7, 11) is -4.13. The molecule has 0 aliphatic heterocycles. The molecule has 0 aromatic heterocycles. The maximum absolute atomic E-state index is 14.0. The van der Waals surface area contributed by atoms with Crippen molar-refractivity contribution in [1.82, 2.24) is 10.2 Å². The monoisotopic (exact) mass is 603 g/mol. The summed E-state index contributed by atoms with van der Waals surface area (Å²) in [6.07, 6.45) is 0.720. The Balaban J connectivity index is 2.06. The van der Waals surface area contributed by atoms with Crippen LogP contribution in [0.4, 0.5) is 5.69 Å². The van der Waals surface area contributed by atoms with Crippen molar-refractivity contribution in [2.75, 3.05) is 17.4 Å². The summed E-state index contributed by atoms with van der Waals surface area (Å²) in [6, 6.07) is 19.1. The van der Waals surface area contributed by atoms with E-state index in [4.69, 9.17) is 23.2 Å². The molecule has 10 heteroatoms. The minimum Gasteiger partial charge on any atom is -0.354 e. The van der Waals surface area contributed by atoms with Gasteiger partial charge in [0, 0.05) is 28.7 Å². The fraction of sp³-hybridized carbons (Fsp3) is 0.333. The highest BCUT2D eigenvalue weighted by Gasteiger charge is 2.33. The van der Waals surface area contributed by atoms with Gasteiger partial charge in [0.05, 0.1) is 10.6 Å². The third-order valence-electron chi connectivity index (χ3n) is 6.56. The van der Waals surface area contributed by atoms with Crippen molar-refractivity contribution in [1.29, 1.82) is 0 Å². The number of nitrogens with zero attached hydrogens (tertiary/aromatic N) is 2. The van der Waals surface area contributed by atoms with E-state index in [2.05, 4.69) is 5.32 Å². The summed E-state index contributed by atoms with van der Waals surface area (Å²) in [5, 5.41) is 3.48. The summed E-state index contributed by atoms with van der Waals surface area (Å²) in [5.74, 6) is -0.701. The van der Waals surface area contributed by atoms with Gasteiger partial charge >= 0.3 is 0 Å². The molecule has 0 aliphatic carbocycles. The molecule has 214 valence electrons. The van der Waals surface area contributed by atoms with E-state index in [1.54, 1.807) is 55.5 Å². The second-order valence-electron chi connectivity index (χ2n) is 9.76. The molecule has 0 heterocycles. The molecule has 1 N–H and O–H groups in total. The molecule has 1 atom stereocenters. The molecule has 7 nitrogen and oxygen atoms in total. The number of hydrogen-bond donors (Lipinski definition) is 1. The number of benzene rings is 3. The highest BCUT2D eigenvalue weighted by molar-refractivity contribution is 7.92. The molecule has 0 saturated heterocycles. The van der Waals surface area contributed by atoms with Gasteiger partial charge in [-0.05, 0) is 61.2 Å². The predicted molar refractivity (Wildman–Crippen MR) is 161 cm³/mol. The Bertz CT molecular complexity index is 1390. The van der Waals surface area contributed by atoms with E-state index in [0.29, 0.717) is 27.8 Å². The van der Waals surface area contributed by atoms with Gasteiger partial charge in [-0.3, -0.25) is 13.9 Å². The number of hydrogen-bond acceptors (Lipinski definition) is 4. The van der Waals surface area contributed by atoms with Crippen molar-refractivity contribution in [3.63, 3.8) is 0 Å². The first-order valence-electron chi connectivity index (χ1n) is 13.1. The van der Waals surface area contributed by atoms with Crippen LogP contribution < -0.4 is 9.62 Å². The Morgan fingerprint density at radius 3 is 2.02 bits per heavy atom. The molecule has 3 aromatic rings. The molecular formula is C30H35Cl2N3O4S. The van der Waals surface area contributed by atoms with Crippen LogP contribution in [0, 0.1) is 0 Å². The summed E-state index contributed by atoms with van der Waals surface area (Å²) < 4.78 is 28.8. The molecule has 0 spiro atoms. The van der Waals surface area contributed by atoms with Crippen LogP contribution in [0.5, 0.6) is 0 Å². The fourth-order valence-corrected chi connectivity index (χ4v) is 6.06. The lowest BCUT2D eigenvalue weighted by molar-refractivity contribution is -0.139. The van der Waals surface area contributed by atoms with Crippen LogP contribution >= 0.6 is 23.2 Å². The van der Waals surface area contributed by atoms with Gasteiger partial charge in [-0.2, -0.15) is 0 Å². The van der Waals surface area contributed by atoms with Crippen LogP contribution in [0.3, 0.4) is 0 Å². The number of rotatable bonds is 12. The summed E-state index contributed by atoms with van der Waals surface area (Å²) in [5.41, 5.74) is 1.83. The molecular weight excluding hydrogens is 569 g/mol. The Labute approximate surface area is 247 Å². The molecule has 40 heavy (non-hydrogen) atoms. The molecule has 3 rings (SSSR count). The van der Waals surface area contributed by atoms with E-state index in [0.717, 1.165) is 16.3 Å². The average Bonchev–Trinajstić information content (AvgIpc) is 2.94. The van der Waals surface area contributed by atoms with Crippen molar-refractivity contribution in [2.45, 2.75) is 57.5 Å².